The van der Waals surface area contributed by atoms with Crippen molar-refractivity contribution in [3.05, 3.63) is 35.9 Å². The van der Waals surface area contributed by atoms with Gasteiger partial charge in [-0.25, -0.2) is 4.79 Å². The summed E-state index contributed by atoms with van der Waals surface area (Å²) in [6, 6.07) is 4.47. The standard InChI is InChI=1S/C20H26N2O6/c1-22(19(24)6-3-14-7-9-21-10-8-14)12-16(23)15-4-5-17(18(11-15)27-2)28-13-20(25)26/h3-6,11,14,21H,7-10,12-13H2,1-2H3,(H,25,26)/b6-3+. The van der Waals surface area contributed by atoms with Crippen molar-refractivity contribution in [1.29, 1.82) is 0 Å². The highest BCUT2D eigenvalue weighted by molar-refractivity contribution is 6.01. The second kappa shape index (κ2) is 10.5. The number of ether oxygens (including phenoxy) is 2. The highest BCUT2D eigenvalue weighted by atomic mass is 16.5. The topological polar surface area (TPSA) is 105 Å². The van der Waals surface area contributed by atoms with E-state index < -0.39 is 12.6 Å². The average Bonchev–Trinajstić information content (AvgIpc) is 2.70. The molecule has 2 N–H and O–H groups in total. The number of rotatable bonds is 9. The first-order valence-corrected chi connectivity index (χ1v) is 9.10. The van der Waals surface area contributed by atoms with Crippen LogP contribution in [0.2, 0.25) is 0 Å². The quantitative estimate of drug-likeness (QED) is 0.484. The SMILES string of the molecule is COc1cc(C(=O)CN(C)C(=O)/C=C/C2CCNCC2)ccc1OCC(=O)O. The zero-order chi connectivity index (χ0) is 20.5. The van der Waals surface area contributed by atoms with E-state index >= 15 is 0 Å². The van der Waals surface area contributed by atoms with Gasteiger partial charge < -0.3 is 24.8 Å². The first-order valence-electron chi connectivity index (χ1n) is 9.10. The third kappa shape index (κ3) is 6.38. The molecule has 1 aromatic carbocycles. The number of amides is 1. The number of allylic oxidation sites excluding steroid dienone is 1. The number of carbonyl (C=O) groups excluding carboxylic acids is 2. The van der Waals surface area contributed by atoms with Crippen LogP contribution in [0.25, 0.3) is 0 Å². The Balaban J connectivity index is 1.95. The van der Waals surface area contributed by atoms with Gasteiger partial charge in [0.05, 0.1) is 13.7 Å². The first kappa shape index (κ1) is 21.4. The Morgan fingerprint density at radius 2 is 1.96 bits per heavy atom. The summed E-state index contributed by atoms with van der Waals surface area (Å²) in [5, 5.41) is 12.0. The Morgan fingerprint density at radius 3 is 2.61 bits per heavy atom. The van der Waals surface area contributed by atoms with Crippen LogP contribution in [-0.2, 0) is 9.59 Å². The van der Waals surface area contributed by atoms with E-state index in [4.69, 9.17) is 14.6 Å². The second-order valence-corrected chi connectivity index (χ2v) is 6.61. The summed E-state index contributed by atoms with van der Waals surface area (Å²) < 4.78 is 10.3. The molecule has 0 aromatic heterocycles. The lowest BCUT2D eigenvalue weighted by Crippen LogP contribution is -2.31. The molecule has 8 nitrogen and oxygen atoms in total. The van der Waals surface area contributed by atoms with Gasteiger partial charge in [0.25, 0.3) is 0 Å². The van der Waals surface area contributed by atoms with E-state index in [-0.39, 0.29) is 29.7 Å². The molecule has 1 aliphatic heterocycles. The van der Waals surface area contributed by atoms with Crippen LogP contribution in [0.1, 0.15) is 23.2 Å². The molecule has 1 fully saturated rings. The lowest BCUT2D eigenvalue weighted by Gasteiger charge is -2.20. The van der Waals surface area contributed by atoms with Crippen molar-refractivity contribution in [2.45, 2.75) is 12.8 Å². The van der Waals surface area contributed by atoms with Crippen molar-refractivity contribution in [1.82, 2.24) is 10.2 Å². The smallest absolute Gasteiger partial charge is 0.341 e. The van der Waals surface area contributed by atoms with E-state index in [1.807, 2.05) is 6.08 Å². The summed E-state index contributed by atoms with van der Waals surface area (Å²) in [5.41, 5.74) is 0.349. The minimum atomic E-state index is -1.11. The van der Waals surface area contributed by atoms with E-state index in [1.54, 1.807) is 7.05 Å². The maximum atomic E-state index is 12.5. The van der Waals surface area contributed by atoms with Gasteiger partial charge in [-0.15, -0.1) is 0 Å². The van der Waals surface area contributed by atoms with Crippen molar-refractivity contribution < 1.29 is 29.0 Å². The number of carbonyl (C=O) groups is 3. The number of piperidine rings is 1. The van der Waals surface area contributed by atoms with E-state index in [0.29, 0.717) is 11.5 Å². The van der Waals surface area contributed by atoms with Crippen LogP contribution in [-0.4, -0.2) is 68.1 Å². The summed E-state index contributed by atoms with van der Waals surface area (Å²) in [6.07, 6.45) is 5.46. The Bertz CT molecular complexity index is 740. The van der Waals surface area contributed by atoms with Gasteiger partial charge in [-0.3, -0.25) is 9.59 Å². The highest BCUT2D eigenvalue weighted by Gasteiger charge is 2.16. The fraction of sp³-hybridized carbons (Fsp3) is 0.450. The number of carboxylic acids is 1. The van der Waals surface area contributed by atoms with E-state index in [0.717, 1.165) is 25.9 Å². The van der Waals surface area contributed by atoms with Crippen LogP contribution in [0.3, 0.4) is 0 Å². The number of aliphatic carboxylic acids is 1. The third-order valence-electron chi connectivity index (χ3n) is 4.49. The number of hydrogen-bond acceptors (Lipinski definition) is 6. The van der Waals surface area contributed by atoms with Gasteiger partial charge >= 0.3 is 5.97 Å². The minimum Gasteiger partial charge on any atom is -0.493 e. The molecule has 0 atom stereocenters. The molecular formula is C20H26N2O6. The molecule has 28 heavy (non-hydrogen) atoms. The van der Waals surface area contributed by atoms with Gasteiger partial charge in [0, 0.05) is 12.6 Å². The third-order valence-corrected chi connectivity index (χ3v) is 4.49. The number of nitrogens with zero attached hydrogens (tertiary/aromatic N) is 1. The zero-order valence-corrected chi connectivity index (χ0v) is 16.1. The fourth-order valence-electron chi connectivity index (χ4n) is 2.87. The number of Topliss-reactive ketones (excluding diaryl/α,β-unsaturated/α-hetero) is 1. The van der Waals surface area contributed by atoms with Gasteiger partial charge in [-0.05, 0) is 56.1 Å². The number of benzene rings is 1. The van der Waals surface area contributed by atoms with E-state index in [9.17, 15) is 14.4 Å². The summed E-state index contributed by atoms with van der Waals surface area (Å²) in [4.78, 5) is 36.7. The predicted octanol–water partition coefficient (Wildman–Crippen LogP) is 1.36. The number of likely N-dealkylation sites (N-methyl/N-ethyl adjacent to an activating group) is 1. The maximum absolute atomic E-state index is 12.5. The Labute approximate surface area is 164 Å². The molecule has 8 heteroatoms. The summed E-state index contributed by atoms with van der Waals surface area (Å²) in [6.45, 7) is 1.31. The van der Waals surface area contributed by atoms with E-state index in [1.165, 1.54) is 36.3 Å². The fourth-order valence-corrected chi connectivity index (χ4v) is 2.87. The average molecular weight is 390 g/mol. The predicted molar refractivity (Wildman–Crippen MR) is 103 cm³/mol. The number of nitrogens with one attached hydrogen (secondary N) is 1. The number of methoxy groups -OCH3 is 1. The van der Waals surface area contributed by atoms with Crippen LogP contribution in [0, 0.1) is 5.92 Å². The summed E-state index contributed by atoms with van der Waals surface area (Å²) in [5.74, 6) is -0.714. The molecule has 1 aromatic rings. The molecule has 0 saturated carbocycles. The number of ketones is 1. The molecular weight excluding hydrogens is 364 g/mol. The van der Waals surface area contributed by atoms with Crippen molar-refractivity contribution in [3.63, 3.8) is 0 Å². The van der Waals surface area contributed by atoms with Gasteiger partial charge in [-0.1, -0.05) is 6.08 Å². The molecule has 152 valence electrons. The van der Waals surface area contributed by atoms with Crippen molar-refractivity contribution >= 4 is 17.7 Å². The Hall–Kier alpha value is -2.87. The van der Waals surface area contributed by atoms with Gasteiger partial charge in [0.15, 0.2) is 23.9 Å². The molecule has 0 spiro atoms. The molecule has 0 aliphatic carbocycles. The highest BCUT2D eigenvalue weighted by Crippen LogP contribution is 2.28. The molecule has 2 rings (SSSR count). The van der Waals surface area contributed by atoms with Crippen LogP contribution < -0.4 is 14.8 Å². The Morgan fingerprint density at radius 1 is 1.25 bits per heavy atom. The van der Waals surface area contributed by atoms with E-state index in [2.05, 4.69) is 5.32 Å². The van der Waals surface area contributed by atoms with Gasteiger partial charge in [-0.2, -0.15) is 0 Å². The molecule has 1 heterocycles. The Kier molecular flexibility index (Phi) is 8.01. The minimum absolute atomic E-state index is 0.0755. The molecule has 0 unspecified atom stereocenters. The second-order valence-electron chi connectivity index (χ2n) is 6.61. The lowest BCUT2D eigenvalue weighted by atomic mass is 9.98. The molecule has 1 aliphatic rings. The van der Waals surface area contributed by atoms with Gasteiger partial charge in [0.1, 0.15) is 0 Å². The van der Waals surface area contributed by atoms with Crippen LogP contribution in [0.5, 0.6) is 11.5 Å². The van der Waals surface area contributed by atoms with Gasteiger partial charge in [0.2, 0.25) is 5.91 Å². The van der Waals surface area contributed by atoms with Crippen molar-refractivity contribution in [2.75, 3.05) is 40.4 Å². The van der Waals surface area contributed by atoms with Crippen LogP contribution in [0.15, 0.2) is 30.4 Å². The first-order chi connectivity index (χ1) is 13.4. The normalized spacial score (nSPS) is 14.6. The maximum Gasteiger partial charge on any atom is 0.341 e. The lowest BCUT2D eigenvalue weighted by molar-refractivity contribution is -0.139. The van der Waals surface area contributed by atoms with Crippen molar-refractivity contribution in [3.8, 4) is 11.5 Å². The monoisotopic (exact) mass is 390 g/mol. The molecule has 1 amide bonds. The molecule has 0 bridgehead atoms. The number of hydrogen-bond donors (Lipinski definition) is 2. The zero-order valence-electron chi connectivity index (χ0n) is 16.1. The molecule has 1 saturated heterocycles. The summed E-state index contributed by atoms with van der Waals surface area (Å²) >= 11 is 0. The largest absolute Gasteiger partial charge is 0.493 e. The van der Waals surface area contributed by atoms with Crippen LogP contribution >= 0.6 is 0 Å². The van der Waals surface area contributed by atoms with Crippen LogP contribution in [0.4, 0.5) is 0 Å². The van der Waals surface area contributed by atoms with Crippen molar-refractivity contribution in [2.24, 2.45) is 5.92 Å². The molecule has 0 radical (unpaired) electrons. The summed E-state index contributed by atoms with van der Waals surface area (Å²) in [7, 11) is 2.98. The number of carboxylic acid groups (broad SMARTS) is 1.